The third kappa shape index (κ3) is 2.82. The van der Waals surface area contributed by atoms with E-state index >= 15 is 0 Å². The summed E-state index contributed by atoms with van der Waals surface area (Å²) in [5.74, 6) is 3.51. The molecule has 34 heavy (non-hydrogen) atoms. The first-order valence-corrected chi connectivity index (χ1v) is 14.3. The number of hydrogen-bond acceptors (Lipinski definition) is 4. The van der Waals surface area contributed by atoms with E-state index < -0.39 is 6.10 Å². The first kappa shape index (κ1) is 25.1. The Hall–Kier alpha value is -0.610. The average molecular weight is 474 g/mol. The maximum Gasteiger partial charge on any atom is 0.0661 e. The van der Waals surface area contributed by atoms with E-state index in [1.165, 1.54) is 38.5 Å². The average Bonchev–Trinajstić information content (AvgIpc) is 3.17. The molecule has 0 heterocycles. The summed E-state index contributed by atoms with van der Waals surface area (Å²) in [5.41, 5.74) is 1.07. The number of rotatable bonds is 2. The fourth-order valence-corrected chi connectivity index (χ4v) is 11.6. The predicted molar refractivity (Wildman–Crippen MR) is 137 cm³/mol. The van der Waals surface area contributed by atoms with E-state index in [9.17, 15) is 15.4 Å². The molecule has 5 aliphatic rings. The number of nitrogens with zero attached hydrogens (tertiary/aromatic N) is 1. The minimum absolute atomic E-state index is 0.137. The minimum Gasteiger partial charge on any atom is -0.411 e. The predicted octanol–water partition coefficient (Wildman–Crippen LogP) is 6.52. The second-order valence-corrected chi connectivity index (χ2v) is 15.0. The summed E-state index contributed by atoms with van der Waals surface area (Å²) >= 11 is 0. The van der Waals surface area contributed by atoms with Gasteiger partial charge in [-0.1, -0.05) is 53.6 Å². The summed E-state index contributed by atoms with van der Waals surface area (Å²) in [6.45, 7) is 17.2. The molecule has 10 atom stereocenters. The number of oxime groups is 1. The molecule has 0 bridgehead atoms. The first-order valence-electron chi connectivity index (χ1n) is 14.3. The lowest BCUT2D eigenvalue weighted by Crippen LogP contribution is -2.69. The number of aliphatic hydroxyl groups is 2. The van der Waals surface area contributed by atoms with E-state index in [4.69, 9.17) is 0 Å². The van der Waals surface area contributed by atoms with Crippen molar-refractivity contribution in [2.24, 2.45) is 67.7 Å². The highest BCUT2D eigenvalue weighted by atomic mass is 16.4. The molecule has 5 aliphatic carbocycles. The molecule has 5 saturated carbocycles. The van der Waals surface area contributed by atoms with Crippen LogP contribution in [0.2, 0.25) is 0 Å². The zero-order chi connectivity index (χ0) is 24.9. The van der Waals surface area contributed by atoms with Gasteiger partial charge in [0.1, 0.15) is 0 Å². The largest absolute Gasteiger partial charge is 0.411 e. The highest BCUT2D eigenvalue weighted by Gasteiger charge is 2.72. The van der Waals surface area contributed by atoms with Crippen molar-refractivity contribution < 1.29 is 15.4 Å². The topological polar surface area (TPSA) is 73.1 Å². The molecular formula is C30H51NO3. The van der Waals surface area contributed by atoms with E-state index in [2.05, 4.69) is 53.6 Å². The zero-order valence-corrected chi connectivity index (χ0v) is 22.9. The molecule has 3 N–H and O–H groups in total. The Morgan fingerprint density at radius 1 is 0.882 bits per heavy atom. The van der Waals surface area contributed by atoms with Gasteiger partial charge in [0.05, 0.1) is 11.8 Å². The van der Waals surface area contributed by atoms with Gasteiger partial charge in [-0.15, -0.1) is 0 Å². The molecule has 0 unspecified atom stereocenters. The second kappa shape index (κ2) is 7.70. The molecule has 0 radical (unpaired) electrons. The number of hydrogen-bond donors (Lipinski definition) is 3. The highest BCUT2D eigenvalue weighted by Crippen LogP contribution is 2.77. The highest BCUT2D eigenvalue weighted by molar-refractivity contribution is 5.92. The fourth-order valence-electron chi connectivity index (χ4n) is 11.6. The van der Waals surface area contributed by atoms with Crippen LogP contribution in [0.3, 0.4) is 0 Å². The molecule has 0 aromatic rings. The molecule has 0 aromatic heterocycles. The lowest BCUT2D eigenvalue weighted by atomic mass is 9.32. The van der Waals surface area contributed by atoms with Crippen molar-refractivity contribution in [1.29, 1.82) is 0 Å². The molecule has 4 heteroatoms. The van der Waals surface area contributed by atoms with E-state index in [0.29, 0.717) is 42.6 Å². The van der Waals surface area contributed by atoms with Crippen LogP contribution in [-0.2, 0) is 0 Å². The standard InChI is InChI=1S/C30H51NO3/c1-18(2)19-10-13-30(17-32)15-14-27(5)20(25(19)30)8-9-22-28(27,6)12-11-21-26(3,4)24(33)16-23(31-34)29(21,22)7/h18-22,24-25,32-34H,8-17H2,1-7H3/b31-23+/t19-,20+,21-,22-,24+,25+,27+,28+,29-,30+/m0/s1. The Morgan fingerprint density at radius 3 is 2.21 bits per heavy atom. The van der Waals surface area contributed by atoms with Crippen LogP contribution in [0, 0.1) is 62.6 Å². The van der Waals surface area contributed by atoms with Crippen molar-refractivity contribution in [2.75, 3.05) is 6.61 Å². The Bertz CT molecular complexity index is 852. The lowest BCUT2D eigenvalue weighted by molar-refractivity contribution is -0.228. The molecule has 0 aromatic carbocycles. The monoisotopic (exact) mass is 473 g/mol. The van der Waals surface area contributed by atoms with Crippen molar-refractivity contribution in [3.8, 4) is 0 Å². The van der Waals surface area contributed by atoms with Gasteiger partial charge in [-0.2, -0.15) is 0 Å². The fraction of sp³-hybridized carbons (Fsp3) is 0.967. The van der Waals surface area contributed by atoms with Crippen LogP contribution >= 0.6 is 0 Å². The van der Waals surface area contributed by atoms with Gasteiger partial charge in [0.25, 0.3) is 0 Å². The van der Waals surface area contributed by atoms with E-state index in [1.807, 2.05) is 0 Å². The third-order valence-electron chi connectivity index (χ3n) is 13.8. The Labute approximate surface area is 208 Å². The Kier molecular flexibility index (Phi) is 5.67. The van der Waals surface area contributed by atoms with E-state index in [-0.39, 0.29) is 27.1 Å². The van der Waals surface area contributed by atoms with Gasteiger partial charge in [0.15, 0.2) is 0 Å². The minimum atomic E-state index is -0.446. The summed E-state index contributed by atoms with van der Waals surface area (Å²) in [6.07, 6.45) is 9.62. The van der Waals surface area contributed by atoms with Crippen LogP contribution in [0.4, 0.5) is 0 Å². The molecule has 0 aliphatic heterocycles. The molecule has 4 nitrogen and oxygen atoms in total. The van der Waals surface area contributed by atoms with Gasteiger partial charge in [-0.3, -0.25) is 0 Å². The summed E-state index contributed by atoms with van der Waals surface area (Å²) in [7, 11) is 0. The molecular weight excluding hydrogens is 422 g/mol. The quantitative estimate of drug-likeness (QED) is 0.316. The third-order valence-corrected chi connectivity index (χ3v) is 13.8. The van der Waals surface area contributed by atoms with Crippen molar-refractivity contribution in [3.63, 3.8) is 0 Å². The van der Waals surface area contributed by atoms with Crippen molar-refractivity contribution in [1.82, 2.24) is 0 Å². The summed E-state index contributed by atoms with van der Waals surface area (Å²) in [5, 5.41) is 35.8. The first-order chi connectivity index (χ1) is 15.8. The van der Waals surface area contributed by atoms with E-state index in [0.717, 1.165) is 24.5 Å². The second-order valence-electron chi connectivity index (χ2n) is 15.0. The van der Waals surface area contributed by atoms with Gasteiger partial charge < -0.3 is 15.4 Å². The van der Waals surface area contributed by atoms with Crippen molar-refractivity contribution >= 4 is 5.71 Å². The van der Waals surface area contributed by atoms with Crippen molar-refractivity contribution in [3.05, 3.63) is 0 Å². The summed E-state index contributed by atoms with van der Waals surface area (Å²) in [6, 6.07) is 0. The van der Waals surface area contributed by atoms with Crippen LogP contribution in [0.1, 0.15) is 106 Å². The van der Waals surface area contributed by atoms with Gasteiger partial charge in [0, 0.05) is 18.4 Å². The van der Waals surface area contributed by atoms with Crippen LogP contribution in [0.5, 0.6) is 0 Å². The number of aliphatic hydroxyl groups excluding tert-OH is 2. The smallest absolute Gasteiger partial charge is 0.0661 e. The summed E-state index contributed by atoms with van der Waals surface area (Å²) < 4.78 is 0. The number of fused-ring (bicyclic) bond motifs is 7. The van der Waals surface area contributed by atoms with Crippen LogP contribution in [0.25, 0.3) is 0 Å². The van der Waals surface area contributed by atoms with E-state index in [1.54, 1.807) is 0 Å². The van der Waals surface area contributed by atoms with Gasteiger partial charge in [0.2, 0.25) is 0 Å². The normalized spacial score (nSPS) is 55.4. The molecule has 5 fully saturated rings. The van der Waals surface area contributed by atoms with Crippen molar-refractivity contribution in [2.45, 2.75) is 112 Å². The Balaban J connectivity index is 1.59. The molecule has 5 rings (SSSR count). The molecule has 0 amide bonds. The molecule has 0 spiro atoms. The van der Waals surface area contributed by atoms with Gasteiger partial charge in [-0.05, 0) is 109 Å². The molecule has 194 valence electrons. The lowest BCUT2D eigenvalue weighted by Gasteiger charge is -2.72. The molecule has 0 saturated heterocycles. The summed E-state index contributed by atoms with van der Waals surface area (Å²) in [4.78, 5) is 0. The SMILES string of the molecule is CC(C)[C@@H]1CC[C@]2(CO)CC[C@]3(C)[C@H](CC[C@@H]4[C@@]5(C)/C(=N/O)C[C@@H](O)C(C)(C)[C@@H]5CC[C@]43C)[C@@H]12. The van der Waals surface area contributed by atoms with Gasteiger partial charge in [-0.25, -0.2) is 0 Å². The Morgan fingerprint density at radius 2 is 1.59 bits per heavy atom. The van der Waals surface area contributed by atoms with Gasteiger partial charge >= 0.3 is 0 Å². The zero-order valence-electron chi connectivity index (χ0n) is 22.9. The van der Waals surface area contributed by atoms with Crippen LogP contribution < -0.4 is 0 Å². The maximum absolute atomic E-state index is 11.0. The van der Waals surface area contributed by atoms with Crippen LogP contribution in [-0.4, -0.2) is 33.8 Å². The maximum atomic E-state index is 11.0. The van der Waals surface area contributed by atoms with Crippen LogP contribution in [0.15, 0.2) is 5.16 Å².